The minimum atomic E-state index is -0.578. The van der Waals surface area contributed by atoms with Crippen LogP contribution in [0.25, 0.3) is 11.3 Å². The molecular weight excluding hydrogens is 363 g/mol. The zero-order valence-corrected chi connectivity index (χ0v) is 14.5. The smallest absolute Gasteiger partial charge is 0.298 e. The predicted octanol–water partition coefficient (Wildman–Crippen LogP) is 4.88. The quantitative estimate of drug-likeness (QED) is 0.663. The first kappa shape index (κ1) is 17.1. The molecule has 6 nitrogen and oxygen atoms in total. The van der Waals surface area contributed by atoms with Crippen molar-refractivity contribution in [2.45, 2.75) is 0 Å². The Kier molecular flexibility index (Phi) is 4.83. The van der Waals surface area contributed by atoms with Crippen molar-refractivity contribution < 1.29 is 5.11 Å². The molecule has 8 heteroatoms. The summed E-state index contributed by atoms with van der Waals surface area (Å²) in [6, 6.07) is 13.7. The molecule has 2 aromatic carbocycles. The van der Waals surface area contributed by atoms with E-state index in [1.165, 1.54) is 13.1 Å². The average molecular weight is 375 g/mol. The fraction of sp³-hybridized carbons (Fsp3) is 0.0588. The van der Waals surface area contributed by atoms with Gasteiger partial charge in [0, 0.05) is 17.6 Å². The molecule has 0 unspecified atom stereocenters. The molecule has 1 heterocycles. The Hall–Kier alpha value is -2.70. The zero-order valence-electron chi connectivity index (χ0n) is 13.0. The highest BCUT2D eigenvalue weighted by Gasteiger charge is 2.17. The third-order valence-electron chi connectivity index (χ3n) is 3.41. The second-order valence-electron chi connectivity index (χ2n) is 5.14. The molecular formula is C17H12Cl2N4O2. The van der Waals surface area contributed by atoms with Gasteiger partial charge in [-0.25, -0.2) is 4.68 Å². The van der Waals surface area contributed by atoms with Crippen LogP contribution in [-0.2, 0) is 7.05 Å². The average Bonchev–Trinajstić information content (AvgIpc) is 2.60. The lowest BCUT2D eigenvalue weighted by atomic mass is 10.1. The molecule has 0 spiro atoms. The Labute approximate surface area is 153 Å². The van der Waals surface area contributed by atoms with Gasteiger partial charge in [0.2, 0.25) is 0 Å². The summed E-state index contributed by atoms with van der Waals surface area (Å²) in [5.41, 5.74) is 0.411. The molecule has 0 radical (unpaired) electrons. The Balaban J connectivity index is 2.11. The molecule has 0 atom stereocenters. The van der Waals surface area contributed by atoms with Crippen LogP contribution in [0.2, 0.25) is 10.0 Å². The van der Waals surface area contributed by atoms with E-state index in [2.05, 4.69) is 15.3 Å². The molecule has 3 rings (SSSR count). The topological polar surface area (TPSA) is 79.8 Å². The largest absolute Gasteiger partial charge is 0.504 e. The normalized spacial score (nSPS) is 11.2. The van der Waals surface area contributed by atoms with Crippen molar-refractivity contribution in [2.24, 2.45) is 17.3 Å². The number of aromatic hydroxyl groups is 1. The molecule has 1 aromatic heterocycles. The van der Waals surface area contributed by atoms with Gasteiger partial charge < -0.3 is 5.11 Å². The third-order valence-corrected chi connectivity index (χ3v) is 3.95. The number of nitrogens with zero attached hydrogens (tertiary/aromatic N) is 4. The lowest BCUT2D eigenvalue weighted by Gasteiger charge is -2.08. The number of hydrogen-bond acceptors (Lipinski definition) is 5. The molecule has 0 aliphatic carbocycles. The van der Waals surface area contributed by atoms with Gasteiger partial charge in [-0.15, -0.1) is 10.2 Å². The number of azo groups is 1. The van der Waals surface area contributed by atoms with E-state index < -0.39 is 5.56 Å². The molecule has 0 aliphatic rings. The Bertz CT molecular complexity index is 1020. The molecule has 0 fully saturated rings. The molecule has 0 saturated carbocycles. The molecule has 126 valence electrons. The van der Waals surface area contributed by atoms with E-state index in [9.17, 15) is 9.90 Å². The van der Waals surface area contributed by atoms with E-state index in [4.69, 9.17) is 23.2 Å². The first-order chi connectivity index (χ1) is 12.0. The molecule has 25 heavy (non-hydrogen) atoms. The van der Waals surface area contributed by atoms with Crippen LogP contribution in [0.3, 0.4) is 0 Å². The first-order valence-electron chi connectivity index (χ1n) is 7.20. The molecule has 0 amide bonds. The number of aromatic nitrogens is 2. The molecule has 0 aliphatic heterocycles. The number of halogens is 2. The summed E-state index contributed by atoms with van der Waals surface area (Å²) in [5, 5.41) is 23.1. The number of aryl methyl sites for hydroxylation is 1. The predicted molar refractivity (Wildman–Crippen MR) is 97.2 cm³/mol. The van der Waals surface area contributed by atoms with Gasteiger partial charge in [-0.1, -0.05) is 53.5 Å². The Morgan fingerprint density at radius 1 is 1.08 bits per heavy atom. The van der Waals surface area contributed by atoms with Crippen LogP contribution >= 0.6 is 23.2 Å². The van der Waals surface area contributed by atoms with Gasteiger partial charge in [0.05, 0.1) is 5.02 Å². The zero-order chi connectivity index (χ0) is 18.0. The van der Waals surface area contributed by atoms with E-state index in [0.29, 0.717) is 16.3 Å². The summed E-state index contributed by atoms with van der Waals surface area (Å²) >= 11 is 11.9. The summed E-state index contributed by atoms with van der Waals surface area (Å²) in [7, 11) is 1.47. The van der Waals surface area contributed by atoms with E-state index in [-0.39, 0.29) is 22.2 Å². The lowest BCUT2D eigenvalue weighted by molar-refractivity contribution is 0.469. The summed E-state index contributed by atoms with van der Waals surface area (Å²) in [5.74, 6) is -0.344. The molecule has 1 N–H and O–H groups in total. The van der Waals surface area contributed by atoms with Crippen molar-refractivity contribution in [1.82, 2.24) is 9.78 Å². The molecule has 3 aromatic rings. The van der Waals surface area contributed by atoms with Gasteiger partial charge in [0.1, 0.15) is 11.4 Å². The van der Waals surface area contributed by atoms with Crippen molar-refractivity contribution in [1.29, 1.82) is 0 Å². The van der Waals surface area contributed by atoms with Gasteiger partial charge in [-0.2, -0.15) is 5.10 Å². The van der Waals surface area contributed by atoms with Crippen LogP contribution in [-0.4, -0.2) is 14.9 Å². The summed E-state index contributed by atoms with van der Waals surface area (Å²) in [6.07, 6.45) is 0. The van der Waals surface area contributed by atoms with Crippen molar-refractivity contribution in [3.63, 3.8) is 0 Å². The Morgan fingerprint density at radius 2 is 1.80 bits per heavy atom. The highest BCUT2D eigenvalue weighted by molar-refractivity contribution is 6.36. The monoisotopic (exact) mass is 374 g/mol. The van der Waals surface area contributed by atoms with Crippen molar-refractivity contribution in [3.05, 3.63) is 68.9 Å². The van der Waals surface area contributed by atoms with E-state index in [0.717, 1.165) is 4.68 Å². The molecule has 0 saturated heterocycles. The maximum absolute atomic E-state index is 12.3. The Morgan fingerprint density at radius 3 is 2.48 bits per heavy atom. The van der Waals surface area contributed by atoms with Crippen LogP contribution in [0.15, 0.2) is 63.6 Å². The second-order valence-corrected chi connectivity index (χ2v) is 5.98. The minimum absolute atomic E-state index is 0.220. The fourth-order valence-corrected chi connectivity index (χ4v) is 2.60. The van der Waals surface area contributed by atoms with Gasteiger partial charge in [0.15, 0.2) is 11.4 Å². The molecule has 0 bridgehead atoms. The maximum Gasteiger partial charge on any atom is 0.298 e. The third kappa shape index (κ3) is 3.55. The highest BCUT2D eigenvalue weighted by Crippen LogP contribution is 2.34. The van der Waals surface area contributed by atoms with E-state index >= 15 is 0 Å². The first-order valence-corrected chi connectivity index (χ1v) is 7.95. The SMILES string of the molecule is Cn1nc(-c2ccccc2)c(O)c(N=Nc2ccc(Cl)cc2Cl)c1=O. The van der Waals surface area contributed by atoms with Crippen LogP contribution in [0.4, 0.5) is 11.4 Å². The summed E-state index contributed by atoms with van der Waals surface area (Å²) in [6.45, 7) is 0. The van der Waals surface area contributed by atoms with E-state index in [1.807, 2.05) is 6.07 Å². The van der Waals surface area contributed by atoms with Crippen LogP contribution < -0.4 is 5.56 Å². The summed E-state index contributed by atoms with van der Waals surface area (Å²) < 4.78 is 1.10. The number of hydrogen-bond donors (Lipinski definition) is 1. The van der Waals surface area contributed by atoms with Crippen molar-refractivity contribution in [2.75, 3.05) is 0 Å². The standard InChI is InChI=1S/C17H12Cl2N4O2/c1-23-17(25)15(21-20-13-8-7-11(18)9-12(13)19)16(24)14(22-23)10-5-3-2-4-6-10/h2-9,24H,1H3. The van der Waals surface area contributed by atoms with E-state index in [1.54, 1.807) is 36.4 Å². The highest BCUT2D eigenvalue weighted by atomic mass is 35.5. The second kappa shape index (κ2) is 7.04. The van der Waals surface area contributed by atoms with Crippen LogP contribution in [0, 0.1) is 0 Å². The van der Waals surface area contributed by atoms with Gasteiger partial charge >= 0.3 is 0 Å². The van der Waals surface area contributed by atoms with Crippen molar-refractivity contribution in [3.8, 4) is 17.0 Å². The maximum atomic E-state index is 12.3. The van der Waals surface area contributed by atoms with Crippen LogP contribution in [0.5, 0.6) is 5.75 Å². The van der Waals surface area contributed by atoms with Gasteiger partial charge in [-0.05, 0) is 18.2 Å². The lowest BCUT2D eigenvalue weighted by Crippen LogP contribution is -2.19. The summed E-state index contributed by atoms with van der Waals surface area (Å²) in [4.78, 5) is 12.3. The van der Waals surface area contributed by atoms with Crippen LogP contribution in [0.1, 0.15) is 0 Å². The minimum Gasteiger partial charge on any atom is -0.504 e. The number of rotatable bonds is 3. The van der Waals surface area contributed by atoms with Gasteiger partial charge in [-0.3, -0.25) is 4.79 Å². The number of benzene rings is 2. The van der Waals surface area contributed by atoms with Crippen molar-refractivity contribution >= 4 is 34.6 Å². The fourth-order valence-electron chi connectivity index (χ4n) is 2.16. The van der Waals surface area contributed by atoms with Gasteiger partial charge in [0.25, 0.3) is 5.56 Å².